The second-order valence-corrected chi connectivity index (χ2v) is 9.54. The lowest BCUT2D eigenvalue weighted by atomic mass is 10.1. The van der Waals surface area contributed by atoms with Crippen LogP contribution in [0.4, 0.5) is 10.1 Å². The van der Waals surface area contributed by atoms with Gasteiger partial charge in [0, 0.05) is 6.54 Å². The number of carbonyl (C=O) groups is 1. The van der Waals surface area contributed by atoms with Gasteiger partial charge in [0.15, 0.2) is 11.5 Å². The van der Waals surface area contributed by atoms with E-state index in [1.54, 1.807) is 44.6 Å². The summed E-state index contributed by atoms with van der Waals surface area (Å²) in [7, 11) is -1.06. The summed E-state index contributed by atoms with van der Waals surface area (Å²) in [4.78, 5) is 12.7. The smallest absolute Gasteiger partial charge is 0.264 e. The third-order valence-corrected chi connectivity index (χ3v) is 7.10. The van der Waals surface area contributed by atoms with E-state index in [4.69, 9.17) is 14.2 Å². The van der Waals surface area contributed by atoms with Crippen molar-refractivity contribution >= 4 is 21.6 Å². The number of ether oxygens (including phenoxy) is 3. The molecule has 8 nitrogen and oxygen atoms in total. The molecule has 0 heterocycles. The predicted molar refractivity (Wildman–Crippen MR) is 135 cm³/mol. The maximum absolute atomic E-state index is 13.4. The Balaban J connectivity index is 1.76. The first kappa shape index (κ1) is 26.8. The summed E-state index contributed by atoms with van der Waals surface area (Å²) in [5.41, 5.74) is 1.19. The van der Waals surface area contributed by atoms with Crippen LogP contribution in [0.2, 0.25) is 0 Å². The first-order chi connectivity index (χ1) is 17.3. The van der Waals surface area contributed by atoms with Crippen LogP contribution in [0.25, 0.3) is 0 Å². The molecular weight excluding hydrogens is 487 g/mol. The van der Waals surface area contributed by atoms with Gasteiger partial charge >= 0.3 is 0 Å². The van der Waals surface area contributed by atoms with Crippen molar-refractivity contribution in [2.75, 3.05) is 38.2 Å². The highest BCUT2D eigenvalue weighted by Gasteiger charge is 2.27. The number of anilines is 1. The number of nitrogens with zero attached hydrogens (tertiary/aromatic N) is 1. The molecule has 0 spiro atoms. The largest absolute Gasteiger partial charge is 0.494 e. The van der Waals surface area contributed by atoms with Gasteiger partial charge < -0.3 is 19.5 Å². The van der Waals surface area contributed by atoms with Crippen molar-refractivity contribution in [3.63, 3.8) is 0 Å². The van der Waals surface area contributed by atoms with Gasteiger partial charge in [-0.15, -0.1) is 0 Å². The summed E-state index contributed by atoms with van der Waals surface area (Å²) in [6.07, 6.45) is 0.500. The summed E-state index contributed by atoms with van der Waals surface area (Å²) < 4.78 is 57.1. The number of hydrogen-bond donors (Lipinski definition) is 1. The molecule has 1 N–H and O–H groups in total. The van der Waals surface area contributed by atoms with Crippen molar-refractivity contribution in [3.8, 4) is 17.2 Å². The van der Waals surface area contributed by atoms with Gasteiger partial charge in [0.2, 0.25) is 5.91 Å². The standard InChI is InChI=1S/C26H29FN2O6S/c1-4-35-22-10-8-21(9-11-22)29(36(31,32)23-12-6-20(27)7-13-23)18-26(30)28-16-15-19-5-14-24(33-2)25(17-19)34-3/h5-14,17H,4,15-16,18H2,1-3H3,(H,28,30). The molecule has 0 unspecified atom stereocenters. The second-order valence-electron chi connectivity index (χ2n) is 7.68. The normalized spacial score (nSPS) is 11.0. The number of hydrogen-bond acceptors (Lipinski definition) is 6. The highest BCUT2D eigenvalue weighted by atomic mass is 32.2. The van der Waals surface area contributed by atoms with Crippen molar-refractivity contribution in [2.45, 2.75) is 18.2 Å². The Kier molecular flexibility index (Phi) is 9.13. The zero-order chi connectivity index (χ0) is 26.1. The molecule has 0 saturated carbocycles. The van der Waals surface area contributed by atoms with Crippen LogP contribution < -0.4 is 23.8 Å². The van der Waals surface area contributed by atoms with E-state index >= 15 is 0 Å². The van der Waals surface area contributed by atoms with Gasteiger partial charge in [-0.3, -0.25) is 9.10 Å². The summed E-state index contributed by atoms with van der Waals surface area (Å²) in [5.74, 6) is 0.694. The molecule has 3 aromatic rings. The number of methoxy groups -OCH3 is 2. The molecule has 0 aromatic heterocycles. The van der Waals surface area contributed by atoms with Crippen LogP contribution in [0.5, 0.6) is 17.2 Å². The van der Waals surface area contributed by atoms with Crippen LogP contribution in [0, 0.1) is 5.82 Å². The van der Waals surface area contributed by atoms with Gasteiger partial charge in [0.05, 0.1) is 31.4 Å². The first-order valence-electron chi connectivity index (χ1n) is 11.3. The number of halogens is 1. The lowest BCUT2D eigenvalue weighted by Crippen LogP contribution is -2.41. The Bertz CT molecular complexity index is 1260. The minimum absolute atomic E-state index is 0.129. The van der Waals surface area contributed by atoms with Crippen LogP contribution in [-0.4, -0.2) is 48.2 Å². The topological polar surface area (TPSA) is 94.2 Å². The monoisotopic (exact) mass is 516 g/mol. The molecule has 36 heavy (non-hydrogen) atoms. The van der Waals surface area contributed by atoms with Crippen molar-refractivity contribution in [1.29, 1.82) is 0 Å². The van der Waals surface area contributed by atoms with Crippen molar-refractivity contribution in [2.24, 2.45) is 0 Å². The van der Waals surface area contributed by atoms with Gasteiger partial charge in [-0.2, -0.15) is 0 Å². The number of rotatable bonds is 12. The predicted octanol–water partition coefficient (Wildman–Crippen LogP) is 3.80. The molecule has 0 radical (unpaired) electrons. The van der Waals surface area contributed by atoms with Gasteiger partial charge in [0.25, 0.3) is 10.0 Å². The fraction of sp³-hybridized carbons (Fsp3) is 0.269. The van der Waals surface area contributed by atoms with Crippen molar-refractivity contribution < 1.29 is 31.8 Å². The molecule has 3 rings (SSSR count). The molecule has 3 aromatic carbocycles. The van der Waals surface area contributed by atoms with Crippen molar-refractivity contribution in [1.82, 2.24) is 5.32 Å². The van der Waals surface area contributed by atoms with Gasteiger partial charge in [-0.1, -0.05) is 6.07 Å². The van der Waals surface area contributed by atoms with Crippen molar-refractivity contribution in [3.05, 3.63) is 78.1 Å². The van der Waals surface area contributed by atoms with E-state index in [9.17, 15) is 17.6 Å². The quantitative estimate of drug-likeness (QED) is 0.394. The Hall–Kier alpha value is -3.79. The molecule has 0 bridgehead atoms. The van der Waals surface area contributed by atoms with E-state index < -0.39 is 28.3 Å². The Morgan fingerprint density at radius 1 is 0.944 bits per heavy atom. The van der Waals surface area contributed by atoms with E-state index in [0.717, 1.165) is 22.0 Å². The molecule has 0 atom stereocenters. The molecule has 0 aliphatic heterocycles. The third-order valence-electron chi connectivity index (χ3n) is 5.31. The zero-order valence-electron chi connectivity index (χ0n) is 20.4. The first-order valence-corrected chi connectivity index (χ1v) is 12.7. The molecule has 0 aliphatic carbocycles. The highest BCUT2D eigenvalue weighted by Crippen LogP contribution is 2.28. The Morgan fingerprint density at radius 2 is 1.61 bits per heavy atom. The van der Waals surface area contributed by atoms with Gasteiger partial charge in [0.1, 0.15) is 18.1 Å². The van der Waals surface area contributed by atoms with Crippen LogP contribution in [0.3, 0.4) is 0 Å². The summed E-state index contributed by atoms with van der Waals surface area (Å²) >= 11 is 0. The zero-order valence-corrected chi connectivity index (χ0v) is 21.2. The lowest BCUT2D eigenvalue weighted by Gasteiger charge is -2.24. The fourth-order valence-electron chi connectivity index (χ4n) is 3.49. The average molecular weight is 517 g/mol. The SMILES string of the molecule is CCOc1ccc(N(CC(=O)NCCc2ccc(OC)c(OC)c2)S(=O)(=O)c2ccc(F)cc2)cc1. The fourth-order valence-corrected chi connectivity index (χ4v) is 4.91. The van der Waals surface area contributed by atoms with E-state index in [1.807, 2.05) is 19.1 Å². The van der Waals surface area contributed by atoms with E-state index in [2.05, 4.69) is 5.32 Å². The molecule has 0 fully saturated rings. The summed E-state index contributed by atoms with van der Waals surface area (Å²) in [6, 6.07) is 16.3. The van der Waals surface area contributed by atoms with Gasteiger partial charge in [-0.25, -0.2) is 12.8 Å². The van der Waals surface area contributed by atoms with Crippen LogP contribution in [0.1, 0.15) is 12.5 Å². The molecule has 0 aliphatic rings. The van der Waals surface area contributed by atoms with E-state index in [1.165, 1.54) is 12.1 Å². The number of nitrogens with one attached hydrogen (secondary N) is 1. The average Bonchev–Trinajstić information content (AvgIpc) is 2.88. The number of amides is 1. The number of sulfonamides is 1. The maximum atomic E-state index is 13.4. The molecule has 192 valence electrons. The lowest BCUT2D eigenvalue weighted by molar-refractivity contribution is -0.119. The molecule has 0 saturated heterocycles. The van der Waals surface area contributed by atoms with E-state index in [-0.39, 0.29) is 17.1 Å². The third kappa shape index (κ3) is 6.66. The van der Waals surface area contributed by atoms with Crippen LogP contribution >= 0.6 is 0 Å². The Labute approximate surface area is 210 Å². The van der Waals surface area contributed by atoms with Gasteiger partial charge in [-0.05, 0) is 79.6 Å². The van der Waals surface area contributed by atoms with Crippen LogP contribution in [0.15, 0.2) is 71.6 Å². The van der Waals surface area contributed by atoms with Crippen LogP contribution in [-0.2, 0) is 21.2 Å². The molecule has 10 heteroatoms. The number of benzene rings is 3. The molecule has 1 amide bonds. The Morgan fingerprint density at radius 3 is 2.22 bits per heavy atom. The minimum atomic E-state index is -4.15. The second kappa shape index (κ2) is 12.3. The van der Waals surface area contributed by atoms with E-state index in [0.29, 0.717) is 30.3 Å². The number of carbonyl (C=O) groups excluding carboxylic acids is 1. The minimum Gasteiger partial charge on any atom is -0.494 e. The summed E-state index contributed by atoms with van der Waals surface area (Å²) in [6.45, 7) is 2.12. The highest BCUT2D eigenvalue weighted by molar-refractivity contribution is 7.92. The maximum Gasteiger partial charge on any atom is 0.264 e. The summed E-state index contributed by atoms with van der Waals surface area (Å²) in [5, 5.41) is 2.76. The molecular formula is C26H29FN2O6S.